The van der Waals surface area contributed by atoms with Gasteiger partial charge in [-0.2, -0.15) is 0 Å². The lowest BCUT2D eigenvalue weighted by Gasteiger charge is -2.52. The third-order valence-corrected chi connectivity index (χ3v) is 7.03. The van der Waals surface area contributed by atoms with Gasteiger partial charge in [0.15, 0.2) is 0 Å². The Morgan fingerprint density at radius 1 is 1.04 bits per heavy atom. The van der Waals surface area contributed by atoms with Gasteiger partial charge in [-0.25, -0.2) is 4.79 Å². The highest BCUT2D eigenvalue weighted by Gasteiger charge is 2.55. The van der Waals surface area contributed by atoms with Gasteiger partial charge in [0.05, 0.1) is 0 Å². The molecule has 0 saturated heterocycles. The van der Waals surface area contributed by atoms with E-state index in [4.69, 9.17) is 21.1 Å². The summed E-state index contributed by atoms with van der Waals surface area (Å²) < 4.78 is 12.3. The van der Waals surface area contributed by atoms with E-state index >= 15 is 0 Å². The fourth-order valence-electron chi connectivity index (χ4n) is 5.68. The molecule has 0 bridgehead atoms. The summed E-state index contributed by atoms with van der Waals surface area (Å²) in [5.74, 6) is 0.258. The first-order valence-corrected chi connectivity index (χ1v) is 10.8. The van der Waals surface area contributed by atoms with E-state index in [-0.39, 0.29) is 0 Å². The van der Waals surface area contributed by atoms with Crippen molar-refractivity contribution >= 4 is 17.6 Å². The molecule has 1 atom stereocenters. The number of aryl methyl sites for hydroxylation is 1. The van der Waals surface area contributed by atoms with Crippen LogP contribution in [0, 0.1) is 18.8 Å². The molecular weight excluding hydrogens is 364 g/mol. The summed E-state index contributed by atoms with van der Waals surface area (Å²) in [5, 5.41) is 10.4. The van der Waals surface area contributed by atoms with Gasteiger partial charge in [0, 0.05) is 10.6 Å². The molecule has 5 heteroatoms. The number of aliphatic carboxylic acids is 1. The van der Waals surface area contributed by atoms with Gasteiger partial charge in [-0.3, -0.25) is 0 Å². The molecule has 27 heavy (non-hydrogen) atoms. The zero-order chi connectivity index (χ0) is 19.0. The maximum atomic E-state index is 11.9. The molecule has 0 spiro atoms. The van der Waals surface area contributed by atoms with Crippen molar-refractivity contribution in [3.8, 4) is 5.75 Å². The summed E-state index contributed by atoms with van der Waals surface area (Å²) in [5.41, 5.74) is 1.28. The van der Waals surface area contributed by atoms with Gasteiger partial charge >= 0.3 is 5.97 Å². The highest BCUT2D eigenvalue weighted by molar-refractivity contribution is 6.30. The van der Waals surface area contributed by atoms with Crippen LogP contribution in [0.1, 0.15) is 75.3 Å². The van der Waals surface area contributed by atoms with E-state index in [2.05, 4.69) is 0 Å². The summed E-state index contributed by atoms with van der Waals surface area (Å²) in [6.45, 7) is 1.95. The molecule has 1 heterocycles. The Morgan fingerprint density at radius 2 is 1.59 bits per heavy atom. The summed E-state index contributed by atoms with van der Waals surface area (Å²) in [4.78, 5) is 11.9. The lowest BCUT2D eigenvalue weighted by molar-refractivity contribution is -0.252. The summed E-state index contributed by atoms with van der Waals surface area (Å²) in [6, 6.07) is 3.84. The van der Waals surface area contributed by atoms with E-state index in [1.807, 2.05) is 19.1 Å². The fraction of sp³-hybridized carbons (Fsp3) is 0.682. The minimum absolute atomic E-state index is 0.316. The zero-order valence-electron chi connectivity index (χ0n) is 16.0. The van der Waals surface area contributed by atoms with Crippen molar-refractivity contribution in [2.45, 2.75) is 83.0 Å². The highest BCUT2D eigenvalue weighted by atomic mass is 35.5. The Morgan fingerprint density at radius 3 is 2.11 bits per heavy atom. The molecule has 0 radical (unpaired) electrons. The summed E-state index contributed by atoms with van der Waals surface area (Å²) >= 11 is 6.46. The van der Waals surface area contributed by atoms with Crippen molar-refractivity contribution in [3.63, 3.8) is 0 Å². The Labute approximate surface area is 166 Å². The van der Waals surface area contributed by atoms with Gasteiger partial charge in [0.2, 0.25) is 0 Å². The van der Waals surface area contributed by atoms with E-state index in [1.165, 1.54) is 38.5 Å². The molecule has 1 aliphatic heterocycles. The number of carboxylic acid groups (broad SMARTS) is 1. The highest BCUT2D eigenvalue weighted by Crippen LogP contribution is 2.57. The van der Waals surface area contributed by atoms with E-state index in [0.29, 0.717) is 22.6 Å². The van der Waals surface area contributed by atoms with E-state index in [9.17, 15) is 9.90 Å². The number of benzene rings is 1. The van der Waals surface area contributed by atoms with Crippen LogP contribution in [0.4, 0.5) is 0 Å². The maximum Gasteiger partial charge on any atom is 0.373 e. The topological polar surface area (TPSA) is 55.8 Å². The molecule has 2 aliphatic carbocycles. The van der Waals surface area contributed by atoms with Crippen LogP contribution in [0.2, 0.25) is 5.02 Å². The van der Waals surface area contributed by atoms with E-state index in [0.717, 1.165) is 36.8 Å². The number of rotatable bonds is 3. The minimum atomic E-state index is -1.25. The molecule has 1 unspecified atom stereocenters. The first-order valence-electron chi connectivity index (χ1n) is 10.4. The second-order valence-electron chi connectivity index (χ2n) is 8.47. The smallest absolute Gasteiger partial charge is 0.373 e. The molecule has 1 aromatic carbocycles. The van der Waals surface area contributed by atoms with E-state index in [1.54, 1.807) is 0 Å². The first-order chi connectivity index (χ1) is 13.0. The minimum Gasteiger partial charge on any atom is -0.477 e. The molecule has 1 N–H and O–H groups in total. The number of carbonyl (C=O) groups is 1. The monoisotopic (exact) mass is 392 g/mol. The summed E-state index contributed by atoms with van der Waals surface area (Å²) in [7, 11) is 0. The van der Waals surface area contributed by atoms with Gasteiger partial charge in [0.25, 0.3) is 6.29 Å². The second kappa shape index (κ2) is 7.63. The average Bonchev–Trinajstić information content (AvgIpc) is 2.68. The molecule has 2 fully saturated rings. The second-order valence-corrected chi connectivity index (χ2v) is 8.90. The standard InChI is InChI=1S/C22H29ClO4/c1-14-12-17(23)13-18-19(14)26-21(20(24)25)27-22(18,15-8-4-2-5-9-15)16-10-6-3-7-11-16/h12-13,15-16,21H,2-11H2,1H3,(H,24,25). The quantitative estimate of drug-likeness (QED) is 0.703. The van der Waals surface area contributed by atoms with E-state index < -0.39 is 17.9 Å². The molecule has 4 rings (SSSR count). The number of halogens is 1. The molecule has 0 aromatic heterocycles. The number of hydrogen-bond donors (Lipinski definition) is 1. The molecule has 148 valence electrons. The Hall–Kier alpha value is -1.26. The van der Waals surface area contributed by atoms with Crippen LogP contribution in [-0.4, -0.2) is 17.4 Å². The molecule has 2 saturated carbocycles. The largest absolute Gasteiger partial charge is 0.477 e. The van der Waals surface area contributed by atoms with Crippen molar-refractivity contribution in [1.82, 2.24) is 0 Å². The van der Waals surface area contributed by atoms with Crippen molar-refractivity contribution in [1.29, 1.82) is 0 Å². The van der Waals surface area contributed by atoms with Crippen LogP contribution in [0.3, 0.4) is 0 Å². The van der Waals surface area contributed by atoms with Crippen molar-refractivity contribution in [2.24, 2.45) is 11.8 Å². The zero-order valence-corrected chi connectivity index (χ0v) is 16.8. The number of carboxylic acids is 1. The van der Waals surface area contributed by atoms with Crippen LogP contribution in [0.5, 0.6) is 5.75 Å². The molecular formula is C22H29ClO4. The number of hydrogen-bond acceptors (Lipinski definition) is 3. The lowest BCUT2D eigenvalue weighted by Crippen LogP contribution is -2.54. The van der Waals surface area contributed by atoms with Crippen LogP contribution >= 0.6 is 11.6 Å². The van der Waals surface area contributed by atoms with Gasteiger partial charge in [0.1, 0.15) is 11.4 Å². The third-order valence-electron chi connectivity index (χ3n) is 6.81. The van der Waals surface area contributed by atoms with Crippen molar-refractivity contribution < 1.29 is 19.4 Å². The van der Waals surface area contributed by atoms with Crippen molar-refractivity contribution in [2.75, 3.05) is 0 Å². The van der Waals surface area contributed by atoms with Crippen LogP contribution < -0.4 is 4.74 Å². The van der Waals surface area contributed by atoms with Crippen molar-refractivity contribution in [3.05, 3.63) is 28.3 Å². The predicted octanol–water partition coefficient (Wildman–Crippen LogP) is 5.82. The molecule has 3 aliphatic rings. The number of ether oxygens (including phenoxy) is 2. The van der Waals surface area contributed by atoms with Gasteiger partial charge in [-0.15, -0.1) is 0 Å². The Balaban J connectivity index is 1.90. The van der Waals surface area contributed by atoms with Crippen LogP contribution in [-0.2, 0) is 15.1 Å². The normalized spacial score (nSPS) is 26.2. The molecule has 0 amide bonds. The average molecular weight is 393 g/mol. The lowest BCUT2D eigenvalue weighted by atomic mass is 9.62. The Kier molecular flexibility index (Phi) is 5.39. The van der Waals surface area contributed by atoms with Crippen LogP contribution in [0.25, 0.3) is 0 Å². The maximum absolute atomic E-state index is 11.9. The third kappa shape index (κ3) is 3.36. The first kappa shape index (κ1) is 19.1. The SMILES string of the molecule is Cc1cc(Cl)cc2c1OC(C(=O)O)OC2(C1CCCCC1)C1CCCCC1. The Bertz CT molecular complexity index is 687. The molecule has 4 nitrogen and oxygen atoms in total. The molecule has 1 aromatic rings. The van der Waals surface area contributed by atoms with Gasteiger partial charge in [-0.05, 0) is 62.1 Å². The summed E-state index contributed by atoms with van der Waals surface area (Å²) in [6.07, 6.45) is 10.3. The predicted molar refractivity (Wildman–Crippen MR) is 104 cm³/mol. The fourth-order valence-corrected chi connectivity index (χ4v) is 5.95. The van der Waals surface area contributed by atoms with Crippen LogP contribution in [0.15, 0.2) is 12.1 Å². The number of fused-ring (bicyclic) bond motifs is 1. The van der Waals surface area contributed by atoms with Gasteiger partial charge in [-0.1, -0.05) is 50.1 Å². The van der Waals surface area contributed by atoms with Gasteiger partial charge < -0.3 is 14.6 Å².